The van der Waals surface area contributed by atoms with E-state index in [2.05, 4.69) is 15.6 Å². The summed E-state index contributed by atoms with van der Waals surface area (Å²) >= 11 is 0. The minimum absolute atomic E-state index is 0.0200. The second-order valence-electron chi connectivity index (χ2n) is 9.67. The van der Waals surface area contributed by atoms with Crippen molar-refractivity contribution in [3.63, 3.8) is 0 Å². The first-order valence-electron chi connectivity index (χ1n) is 11.1. The molecule has 12 heteroatoms. The molecule has 0 radical (unpaired) electrons. The van der Waals surface area contributed by atoms with Crippen molar-refractivity contribution in [2.24, 2.45) is 5.41 Å². The molecule has 2 fully saturated rings. The van der Waals surface area contributed by atoms with Crippen molar-refractivity contribution in [1.29, 1.82) is 0 Å². The molecule has 1 aromatic rings. The quantitative estimate of drug-likeness (QED) is 0.562. The first kappa shape index (κ1) is 25.8. The molecular weight excluding hydrogens is 460 g/mol. The number of carbonyl (C=O) groups excluding carboxylic acids is 2. The summed E-state index contributed by atoms with van der Waals surface area (Å²) in [7, 11) is 1.29. The fourth-order valence-electron chi connectivity index (χ4n) is 3.78. The number of anilines is 1. The maximum Gasteiger partial charge on any atom is 0.410 e. The Balaban J connectivity index is 1.63. The zero-order valence-corrected chi connectivity index (χ0v) is 19.6. The van der Waals surface area contributed by atoms with Gasteiger partial charge in [0.25, 0.3) is 0 Å². The zero-order valence-electron chi connectivity index (χ0n) is 19.6. The van der Waals surface area contributed by atoms with Crippen LogP contribution in [0.3, 0.4) is 0 Å². The molecule has 0 bridgehead atoms. The summed E-state index contributed by atoms with van der Waals surface area (Å²) in [6, 6.07) is 0.332. The van der Waals surface area contributed by atoms with Gasteiger partial charge in [-0.1, -0.05) is 0 Å². The number of hydrogen-bond donors (Lipinski definition) is 2. The second kappa shape index (κ2) is 9.46. The van der Waals surface area contributed by atoms with E-state index < -0.39 is 47.6 Å². The Morgan fingerprint density at radius 3 is 2.50 bits per heavy atom. The van der Waals surface area contributed by atoms with Gasteiger partial charge in [0, 0.05) is 25.2 Å². The second-order valence-corrected chi connectivity index (χ2v) is 9.67. The molecule has 190 valence electrons. The van der Waals surface area contributed by atoms with Crippen LogP contribution < -0.4 is 15.4 Å². The van der Waals surface area contributed by atoms with Crippen LogP contribution in [0.5, 0.6) is 5.88 Å². The standard InChI is InChI=1S/C22H30F4N4O4/c1-20(2,3)34-19(32)30-9-5-6-15(30)17(31)27-11-13-10-14(23)16(29-18(13)33-4)28-12-21(7-8-21)22(24,25)26/h10,15H,5-9,11-12H2,1-4H3,(H,27,31)(H,28,29)/t15-/m0/s1. The van der Waals surface area contributed by atoms with E-state index in [1.54, 1.807) is 20.8 Å². The molecule has 1 aromatic heterocycles. The van der Waals surface area contributed by atoms with Gasteiger partial charge in [-0.15, -0.1) is 0 Å². The smallest absolute Gasteiger partial charge is 0.410 e. The number of amides is 2. The highest BCUT2D eigenvalue weighted by atomic mass is 19.4. The molecule has 0 aromatic carbocycles. The lowest BCUT2D eigenvalue weighted by atomic mass is 10.1. The van der Waals surface area contributed by atoms with Crippen molar-refractivity contribution in [2.75, 3.05) is 25.5 Å². The SMILES string of the molecule is COc1nc(NCC2(C(F)(F)F)CC2)c(F)cc1CNC(=O)[C@@H]1CCCN1C(=O)OC(C)(C)C. The monoisotopic (exact) mass is 490 g/mol. The molecule has 0 unspecified atom stereocenters. The number of methoxy groups -OCH3 is 1. The van der Waals surface area contributed by atoms with Crippen molar-refractivity contribution in [2.45, 2.75) is 70.8 Å². The van der Waals surface area contributed by atoms with Crippen molar-refractivity contribution in [1.82, 2.24) is 15.2 Å². The molecule has 1 saturated carbocycles. The van der Waals surface area contributed by atoms with Crippen LogP contribution in [-0.4, -0.2) is 59.9 Å². The number of carbonyl (C=O) groups is 2. The first-order chi connectivity index (χ1) is 15.8. The number of hydrogen-bond acceptors (Lipinski definition) is 6. The molecule has 34 heavy (non-hydrogen) atoms. The third kappa shape index (κ3) is 5.82. The molecule has 1 saturated heterocycles. The lowest BCUT2D eigenvalue weighted by molar-refractivity contribution is -0.182. The molecule has 1 atom stereocenters. The van der Waals surface area contributed by atoms with Crippen LogP contribution in [0.2, 0.25) is 0 Å². The van der Waals surface area contributed by atoms with Crippen molar-refractivity contribution < 1.29 is 36.6 Å². The van der Waals surface area contributed by atoms with Gasteiger partial charge in [-0.3, -0.25) is 9.69 Å². The van der Waals surface area contributed by atoms with E-state index in [0.29, 0.717) is 19.4 Å². The maximum absolute atomic E-state index is 14.6. The van der Waals surface area contributed by atoms with Gasteiger partial charge in [0.2, 0.25) is 11.8 Å². The van der Waals surface area contributed by atoms with E-state index in [1.807, 2.05) is 0 Å². The molecule has 1 aliphatic heterocycles. The Hall–Kier alpha value is -2.79. The van der Waals surface area contributed by atoms with Gasteiger partial charge in [-0.25, -0.2) is 9.18 Å². The lowest BCUT2D eigenvalue weighted by Crippen LogP contribution is -2.47. The Kier molecular flexibility index (Phi) is 7.18. The minimum Gasteiger partial charge on any atom is -0.481 e. The largest absolute Gasteiger partial charge is 0.481 e. The fourth-order valence-corrected chi connectivity index (χ4v) is 3.78. The summed E-state index contributed by atoms with van der Waals surface area (Å²) < 4.78 is 64.4. The van der Waals surface area contributed by atoms with Gasteiger partial charge in [0.15, 0.2) is 11.6 Å². The predicted octanol–water partition coefficient (Wildman–Crippen LogP) is 4.00. The van der Waals surface area contributed by atoms with Crippen LogP contribution in [0.25, 0.3) is 0 Å². The number of likely N-dealkylation sites (tertiary alicyclic amines) is 1. The van der Waals surface area contributed by atoms with E-state index in [0.717, 1.165) is 6.07 Å². The molecule has 8 nitrogen and oxygen atoms in total. The first-order valence-corrected chi connectivity index (χ1v) is 11.1. The van der Waals surface area contributed by atoms with Gasteiger partial charge in [-0.05, 0) is 52.5 Å². The summed E-state index contributed by atoms with van der Waals surface area (Å²) in [6.07, 6.45) is -3.91. The van der Waals surface area contributed by atoms with Crippen LogP contribution in [0.4, 0.5) is 28.2 Å². The van der Waals surface area contributed by atoms with Gasteiger partial charge in [0.1, 0.15) is 11.6 Å². The highest BCUT2D eigenvalue weighted by Gasteiger charge is 2.63. The van der Waals surface area contributed by atoms with E-state index in [-0.39, 0.29) is 36.6 Å². The number of ether oxygens (including phenoxy) is 2. The summed E-state index contributed by atoms with van der Waals surface area (Å²) in [4.78, 5) is 30.4. The van der Waals surface area contributed by atoms with Crippen LogP contribution in [0.15, 0.2) is 6.07 Å². The highest BCUT2D eigenvalue weighted by Crippen LogP contribution is 2.57. The van der Waals surface area contributed by atoms with E-state index >= 15 is 0 Å². The zero-order chi connectivity index (χ0) is 25.3. The summed E-state index contributed by atoms with van der Waals surface area (Å²) in [6.45, 7) is 4.95. The summed E-state index contributed by atoms with van der Waals surface area (Å²) in [5, 5.41) is 5.09. The molecule has 2 aliphatic rings. The Bertz CT molecular complexity index is 929. The topological polar surface area (TPSA) is 92.8 Å². The predicted molar refractivity (Wildman–Crippen MR) is 115 cm³/mol. The Morgan fingerprint density at radius 1 is 1.26 bits per heavy atom. The molecule has 0 spiro atoms. The van der Waals surface area contributed by atoms with Crippen LogP contribution in [0, 0.1) is 11.2 Å². The number of nitrogens with one attached hydrogen (secondary N) is 2. The highest BCUT2D eigenvalue weighted by molar-refractivity contribution is 5.86. The fraction of sp³-hybridized carbons (Fsp3) is 0.682. The van der Waals surface area contributed by atoms with Crippen LogP contribution in [-0.2, 0) is 16.1 Å². The number of halogens is 4. The number of alkyl halides is 3. The number of pyridine rings is 1. The minimum atomic E-state index is -4.38. The summed E-state index contributed by atoms with van der Waals surface area (Å²) in [5.41, 5.74) is -2.35. The average Bonchev–Trinajstić information content (AvgIpc) is 3.37. The van der Waals surface area contributed by atoms with Gasteiger partial charge in [0.05, 0.1) is 12.5 Å². The molecule has 1 aliphatic carbocycles. The molecule has 2 heterocycles. The Labute approximate surface area is 195 Å². The van der Waals surface area contributed by atoms with Crippen molar-refractivity contribution in [3.05, 3.63) is 17.4 Å². The van der Waals surface area contributed by atoms with Crippen molar-refractivity contribution in [3.8, 4) is 5.88 Å². The van der Waals surface area contributed by atoms with Crippen LogP contribution in [0.1, 0.15) is 52.0 Å². The third-order valence-corrected chi connectivity index (χ3v) is 5.89. The van der Waals surface area contributed by atoms with Gasteiger partial charge in [-0.2, -0.15) is 18.2 Å². The molecule has 2 amide bonds. The Morgan fingerprint density at radius 2 is 1.94 bits per heavy atom. The van der Waals surface area contributed by atoms with Gasteiger partial charge >= 0.3 is 12.3 Å². The maximum atomic E-state index is 14.6. The van der Waals surface area contributed by atoms with E-state index in [9.17, 15) is 27.2 Å². The average molecular weight is 490 g/mol. The van der Waals surface area contributed by atoms with E-state index in [4.69, 9.17) is 9.47 Å². The number of aromatic nitrogens is 1. The lowest BCUT2D eigenvalue weighted by Gasteiger charge is -2.28. The number of rotatable bonds is 7. The van der Waals surface area contributed by atoms with Gasteiger partial charge < -0.3 is 20.1 Å². The van der Waals surface area contributed by atoms with Crippen LogP contribution >= 0.6 is 0 Å². The van der Waals surface area contributed by atoms with Crippen molar-refractivity contribution >= 4 is 17.8 Å². The third-order valence-electron chi connectivity index (χ3n) is 5.89. The summed E-state index contributed by atoms with van der Waals surface area (Å²) in [5.74, 6) is -1.68. The molecular formula is C22H30F4N4O4. The molecule has 3 rings (SSSR count). The molecule has 2 N–H and O–H groups in total. The normalized spacial score (nSPS) is 19.5. The number of nitrogens with zero attached hydrogens (tertiary/aromatic N) is 2. The van der Waals surface area contributed by atoms with E-state index in [1.165, 1.54) is 12.0 Å².